The highest BCUT2D eigenvalue weighted by Gasteiger charge is 2.40. The number of imide groups is 1. The van der Waals surface area contributed by atoms with Crippen LogP contribution in [0.5, 0.6) is 0 Å². The number of amides is 2. The predicted octanol–water partition coefficient (Wildman–Crippen LogP) is 1.97. The van der Waals surface area contributed by atoms with Gasteiger partial charge in [-0.25, -0.2) is 19.7 Å². The van der Waals surface area contributed by atoms with Gasteiger partial charge in [-0.2, -0.15) is 0 Å². The number of aryl methyl sites for hydroxylation is 1. The Morgan fingerprint density at radius 2 is 2.19 bits per heavy atom. The second-order valence-corrected chi connectivity index (χ2v) is 7.06. The third-order valence-corrected chi connectivity index (χ3v) is 4.96. The van der Waals surface area contributed by atoms with Gasteiger partial charge in [0.05, 0.1) is 12.3 Å². The van der Waals surface area contributed by atoms with Crippen LogP contribution in [0.2, 0.25) is 0 Å². The minimum absolute atomic E-state index is 0.0294. The van der Waals surface area contributed by atoms with E-state index in [9.17, 15) is 14.4 Å². The molecule has 1 saturated heterocycles. The number of carbonyl (C=O) groups is 3. The summed E-state index contributed by atoms with van der Waals surface area (Å²) in [5, 5.41) is -0.427. The number of aromatic nitrogens is 2. The number of hydrogen-bond donors (Lipinski definition) is 1. The number of esters is 1. The van der Waals surface area contributed by atoms with E-state index in [0.717, 1.165) is 17.3 Å². The lowest BCUT2D eigenvalue weighted by molar-refractivity contribution is -0.121. The van der Waals surface area contributed by atoms with E-state index in [1.807, 2.05) is 13.0 Å². The minimum Gasteiger partial charge on any atom is -0.462 e. The van der Waals surface area contributed by atoms with Crippen LogP contribution < -0.4 is 10.6 Å². The predicted molar refractivity (Wildman–Crippen MR) is 100 cm³/mol. The van der Waals surface area contributed by atoms with E-state index < -0.39 is 11.2 Å². The van der Waals surface area contributed by atoms with Crippen molar-refractivity contribution in [2.45, 2.75) is 30.7 Å². The molecule has 2 N–H and O–H groups in total. The Hall–Kier alpha value is -2.94. The van der Waals surface area contributed by atoms with Crippen molar-refractivity contribution < 1.29 is 19.1 Å². The van der Waals surface area contributed by atoms with Crippen LogP contribution in [0.15, 0.2) is 35.6 Å². The topological polar surface area (TPSA) is 115 Å². The van der Waals surface area contributed by atoms with E-state index >= 15 is 0 Å². The molecular formula is C18H18N4O4S. The zero-order valence-electron chi connectivity index (χ0n) is 14.8. The van der Waals surface area contributed by atoms with Crippen molar-refractivity contribution in [3.05, 3.63) is 41.6 Å². The van der Waals surface area contributed by atoms with Crippen LogP contribution in [0.3, 0.4) is 0 Å². The molecule has 8 nitrogen and oxygen atoms in total. The molecule has 2 amide bonds. The lowest BCUT2D eigenvalue weighted by Gasteiger charge is -2.15. The summed E-state index contributed by atoms with van der Waals surface area (Å²) in [5.74, 6) is -1.24. The number of rotatable bonds is 5. The third kappa shape index (κ3) is 3.92. The normalized spacial score (nSPS) is 16.7. The number of carbonyl (C=O) groups excluding carboxylic acids is 3. The lowest BCUT2D eigenvalue weighted by atomic mass is 10.2. The van der Waals surface area contributed by atoms with Gasteiger partial charge < -0.3 is 10.5 Å². The summed E-state index contributed by atoms with van der Waals surface area (Å²) in [6.45, 7) is 3.78. The molecule has 140 valence electrons. The molecule has 0 bridgehead atoms. The molecule has 1 fully saturated rings. The van der Waals surface area contributed by atoms with Gasteiger partial charge in [0.1, 0.15) is 16.6 Å². The number of anilines is 2. The van der Waals surface area contributed by atoms with Crippen molar-refractivity contribution in [3.8, 4) is 0 Å². The molecule has 1 aromatic carbocycles. The summed E-state index contributed by atoms with van der Waals surface area (Å²) in [5.41, 5.74) is 7.36. The van der Waals surface area contributed by atoms with Crippen molar-refractivity contribution in [3.63, 3.8) is 0 Å². The summed E-state index contributed by atoms with van der Waals surface area (Å²) in [6, 6.07) is 7.19. The van der Waals surface area contributed by atoms with Crippen molar-refractivity contribution >= 4 is 41.1 Å². The van der Waals surface area contributed by atoms with Crippen LogP contribution in [-0.2, 0) is 14.3 Å². The van der Waals surface area contributed by atoms with Crippen molar-refractivity contribution in [1.29, 1.82) is 0 Å². The molecule has 0 saturated carbocycles. The minimum atomic E-state index is -0.647. The molecule has 0 aliphatic carbocycles. The van der Waals surface area contributed by atoms with Crippen molar-refractivity contribution in [1.82, 2.24) is 9.97 Å². The first-order valence-corrected chi connectivity index (χ1v) is 9.18. The molecular weight excluding hydrogens is 368 g/mol. The van der Waals surface area contributed by atoms with Gasteiger partial charge in [0.2, 0.25) is 11.8 Å². The van der Waals surface area contributed by atoms with Gasteiger partial charge in [0.25, 0.3) is 0 Å². The molecule has 27 heavy (non-hydrogen) atoms. The summed E-state index contributed by atoms with van der Waals surface area (Å²) in [4.78, 5) is 46.1. The first kappa shape index (κ1) is 18.8. The average Bonchev–Trinajstić information content (AvgIpc) is 2.88. The Morgan fingerprint density at radius 3 is 2.85 bits per heavy atom. The highest BCUT2D eigenvalue weighted by molar-refractivity contribution is 8.00. The van der Waals surface area contributed by atoms with Crippen LogP contribution in [0.25, 0.3) is 0 Å². The van der Waals surface area contributed by atoms with Crippen molar-refractivity contribution in [2.75, 3.05) is 17.2 Å². The molecule has 1 atom stereocenters. The number of nitrogens with zero attached hydrogens (tertiary/aromatic N) is 3. The van der Waals surface area contributed by atoms with Crippen LogP contribution in [0.4, 0.5) is 11.5 Å². The molecule has 1 aromatic heterocycles. The second kappa shape index (κ2) is 7.75. The summed E-state index contributed by atoms with van der Waals surface area (Å²) < 4.78 is 4.87. The first-order chi connectivity index (χ1) is 12.9. The van der Waals surface area contributed by atoms with Gasteiger partial charge in [0.15, 0.2) is 5.16 Å². The van der Waals surface area contributed by atoms with E-state index in [1.54, 1.807) is 25.1 Å². The van der Waals surface area contributed by atoms with Gasteiger partial charge in [0, 0.05) is 12.6 Å². The molecule has 2 heterocycles. The van der Waals surface area contributed by atoms with Crippen LogP contribution in [0, 0.1) is 6.92 Å². The molecule has 2 aromatic rings. The highest BCUT2D eigenvalue weighted by Crippen LogP contribution is 2.33. The summed E-state index contributed by atoms with van der Waals surface area (Å²) >= 11 is 1.05. The Morgan fingerprint density at radius 1 is 1.41 bits per heavy atom. The fourth-order valence-corrected chi connectivity index (χ4v) is 3.61. The maximum atomic E-state index is 12.7. The Bertz CT molecular complexity index is 918. The number of hydrogen-bond acceptors (Lipinski definition) is 8. The zero-order chi connectivity index (χ0) is 19.6. The number of nitrogens with two attached hydrogens (primary N) is 1. The molecule has 3 rings (SSSR count). The van der Waals surface area contributed by atoms with Crippen LogP contribution in [0.1, 0.15) is 29.3 Å². The molecule has 0 spiro atoms. The van der Waals surface area contributed by atoms with Crippen LogP contribution in [-0.4, -0.2) is 39.6 Å². The SMILES string of the molecule is CCOC(=O)c1cnc(SC2CC(=O)N(c3cccc(C)c3)C2=O)nc1N. The Kier molecular flexibility index (Phi) is 5.41. The summed E-state index contributed by atoms with van der Waals surface area (Å²) in [7, 11) is 0. The number of thioether (sulfide) groups is 1. The fourth-order valence-electron chi connectivity index (χ4n) is 2.66. The Labute approximate surface area is 160 Å². The highest BCUT2D eigenvalue weighted by atomic mass is 32.2. The van der Waals surface area contributed by atoms with E-state index in [0.29, 0.717) is 5.69 Å². The Balaban J connectivity index is 1.77. The molecule has 9 heteroatoms. The molecule has 1 unspecified atom stereocenters. The maximum absolute atomic E-state index is 12.7. The fraction of sp³-hybridized carbons (Fsp3) is 0.278. The third-order valence-electron chi connectivity index (χ3n) is 3.90. The maximum Gasteiger partial charge on any atom is 0.343 e. The number of ether oxygens (including phenoxy) is 1. The number of benzene rings is 1. The van der Waals surface area contributed by atoms with E-state index in [4.69, 9.17) is 10.5 Å². The average molecular weight is 386 g/mol. The van der Waals surface area contributed by atoms with E-state index in [-0.39, 0.29) is 41.4 Å². The van der Waals surface area contributed by atoms with Gasteiger partial charge in [-0.1, -0.05) is 23.9 Å². The standard InChI is InChI=1S/C18H18N4O4S/c1-3-26-17(25)12-9-20-18(21-15(12)19)27-13-8-14(23)22(16(13)24)11-6-4-5-10(2)7-11/h4-7,9,13H,3,8H2,1-2H3,(H2,19,20,21). The largest absolute Gasteiger partial charge is 0.462 e. The molecule has 1 aliphatic heterocycles. The lowest BCUT2D eigenvalue weighted by Crippen LogP contribution is -2.31. The van der Waals surface area contributed by atoms with E-state index in [2.05, 4.69) is 9.97 Å². The van der Waals surface area contributed by atoms with Crippen molar-refractivity contribution in [2.24, 2.45) is 0 Å². The second-order valence-electron chi connectivity index (χ2n) is 5.89. The summed E-state index contributed by atoms with van der Waals surface area (Å²) in [6.07, 6.45) is 1.31. The molecule has 1 aliphatic rings. The van der Waals surface area contributed by atoms with Gasteiger partial charge in [-0.05, 0) is 31.5 Å². The zero-order valence-corrected chi connectivity index (χ0v) is 15.7. The van der Waals surface area contributed by atoms with Gasteiger partial charge in [-0.15, -0.1) is 0 Å². The van der Waals surface area contributed by atoms with Crippen LogP contribution >= 0.6 is 11.8 Å². The molecule has 0 radical (unpaired) electrons. The first-order valence-electron chi connectivity index (χ1n) is 8.30. The number of nitrogen functional groups attached to an aromatic ring is 1. The van der Waals surface area contributed by atoms with E-state index in [1.165, 1.54) is 11.1 Å². The monoisotopic (exact) mass is 386 g/mol. The smallest absolute Gasteiger partial charge is 0.343 e. The van der Waals surface area contributed by atoms with Gasteiger partial charge >= 0.3 is 5.97 Å². The van der Waals surface area contributed by atoms with Gasteiger partial charge in [-0.3, -0.25) is 9.59 Å². The quantitative estimate of drug-likeness (QED) is 0.471.